The summed E-state index contributed by atoms with van der Waals surface area (Å²) in [4.78, 5) is 11.9. The Bertz CT molecular complexity index is 627. The Kier molecular flexibility index (Phi) is 5.97. The Morgan fingerprint density at radius 3 is 2.52 bits per heavy atom. The maximum Gasteiger partial charge on any atom is 0.315 e. The van der Waals surface area contributed by atoms with E-state index in [1.54, 1.807) is 19.2 Å². The Hall–Kier alpha value is -1.64. The maximum atomic E-state index is 11.9. The first kappa shape index (κ1) is 17.7. The minimum Gasteiger partial charge on any atom is -0.383 e. The lowest BCUT2D eigenvalue weighted by atomic mass is 10.1. The number of rotatable bonds is 8. The number of carbonyl (C=O) groups excluding carboxylic acids is 1. The summed E-state index contributed by atoms with van der Waals surface area (Å²) in [6.45, 7) is 0.984. The molecule has 0 aliphatic heterocycles. The summed E-state index contributed by atoms with van der Waals surface area (Å²) in [5, 5.41) is 10.8. The summed E-state index contributed by atoms with van der Waals surface area (Å²) >= 11 is 0. The first-order valence-electron chi connectivity index (χ1n) is 7.55. The van der Waals surface area contributed by atoms with Crippen LogP contribution in [-0.4, -0.2) is 40.8 Å². The first-order chi connectivity index (χ1) is 10.9. The molecule has 1 saturated carbocycles. The van der Waals surface area contributed by atoms with Crippen LogP contribution in [0, 0.1) is 5.92 Å². The topological polar surface area (TPSA) is 111 Å². The lowest BCUT2D eigenvalue weighted by Crippen LogP contribution is -2.45. The molecule has 2 rings (SSSR count). The molecule has 0 heterocycles. The molecule has 1 atom stereocenters. The van der Waals surface area contributed by atoms with E-state index in [-0.39, 0.29) is 17.0 Å². The fourth-order valence-corrected chi connectivity index (χ4v) is 2.87. The monoisotopic (exact) mass is 341 g/mol. The molecule has 0 bridgehead atoms. The lowest BCUT2D eigenvalue weighted by molar-refractivity contribution is 0.157. The van der Waals surface area contributed by atoms with Crippen molar-refractivity contribution in [1.82, 2.24) is 10.6 Å². The van der Waals surface area contributed by atoms with Gasteiger partial charge in [-0.2, -0.15) is 0 Å². The number of amides is 2. The highest BCUT2D eigenvalue weighted by Crippen LogP contribution is 2.32. The zero-order valence-electron chi connectivity index (χ0n) is 13.1. The first-order valence-corrected chi connectivity index (χ1v) is 9.10. The molecular weight excluding hydrogens is 318 g/mol. The fraction of sp³-hybridized carbons (Fsp3) is 0.533. The number of nitrogens with two attached hydrogens (primary N) is 1. The van der Waals surface area contributed by atoms with Crippen molar-refractivity contribution in [3.05, 3.63) is 29.8 Å². The van der Waals surface area contributed by atoms with Gasteiger partial charge in [0.15, 0.2) is 0 Å². The van der Waals surface area contributed by atoms with Gasteiger partial charge in [-0.1, -0.05) is 12.1 Å². The number of nitrogens with one attached hydrogen (secondary N) is 2. The summed E-state index contributed by atoms with van der Waals surface area (Å²) < 4.78 is 27.4. The SMILES string of the molecule is COCC(NC(=O)NCCc1ccc(S(N)(=O)=O)cc1)C1CC1. The average molecular weight is 341 g/mol. The number of urea groups is 1. The van der Waals surface area contributed by atoms with Crippen LogP contribution in [0.5, 0.6) is 0 Å². The van der Waals surface area contributed by atoms with Crippen molar-refractivity contribution in [2.24, 2.45) is 11.1 Å². The number of methoxy groups -OCH3 is 1. The molecule has 0 saturated heterocycles. The van der Waals surface area contributed by atoms with E-state index in [0.717, 1.165) is 18.4 Å². The van der Waals surface area contributed by atoms with Crippen molar-refractivity contribution >= 4 is 16.1 Å². The van der Waals surface area contributed by atoms with Gasteiger partial charge in [0.05, 0.1) is 17.5 Å². The standard InChI is InChI=1S/C15H23N3O4S/c1-22-10-14(12-4-5-12)18-15(19)17-9-8-11-2-6-13(7-3-11)23(16,20)21/h2-3,6-7,12,14H,4-5,8-10H2,1H3,(H2,16,20,21)(H2,17,18,19). The molecule has 0 aromatic heterocycles. The lowest BCUT2D eigenvalue weighted by Gasteiger charge is -2.17. The van der Waals surface area contributed by atoms with Gasteiger partial charge >= 0.3 is 6.03 Å². The van der Waals surface area contributed by atoms with Crippen LogP contribution < -0.4 is 15.8 Å². The van der Waals surface area contributed by atoms with E-state index in [1.165, 1.54) is 12.1 Å². The van der Waals surface area contributed by atoms with Crippen molar-refractivity contribution in [2.45, 2.75) is 30.2 Å². The van der Waals surface area contributed by atoms with Crippen LogP contribution >= 0.6 is 0 Å². The summed E-state index contributed by atoms with van der Waals surface area (Å²) in [6.07, 6.45) is 2.87. The van der Waals surface area contributed by atoms with Crippen molar-refractivity contribution in [3.63, 3.8) is 0 Å². The van der Waals surface area contributed by atoms with Crippen LogP contribution in [0.3, 0.4) is 0 Å². The Morgan fingerprint density at radius 2 is 2.00 bits per heavy atom. The molecule has 1 aliphatic carbocycles. The quantitative estimate of drug-likeness (QED) is 0.643. The number of carbonyl (C=O) groups is 1. The Morgan fingerprint density at radius 1 is 1.35 bits per heavy atom. The predicted molar refractivity (Wildman–Crippen MR) is 86.4 cm³/mol. The highest BCUT2D eigenvalue weighted by atomic mass is 32.2. The molecule has 23 heavy (non-hydrogen) atoms. The van der Waals surface area contributed by atoms with E-state index in [2.05, 4.69) is 10.6 Å². The highest BCUT2D eigenvalue weighted by Gasteiger charge is 2.32. The third-order valence-corrected chi connectivity index (χ3v) is 4.73. The third-order valence-electron chi connectivity index (χ3n) is 3.80. The highest BCUT2D eigenvalue weighted by molar-refractivity contribution is 7.89. The predicted octanol–water partition coefficient (Wildman–Crippen LogP) is 0.601. The zero-order chi connectivity index (χ0) is 16.9. The van der Waals surface area contributed by atoms with Crippen molar-refractivity contribution in [3.8, 4) is 0 Å². The second kappa shape index (κ2) is 7.76. The summed E-state index contributed by atoms with van der Waals surface area (Å²) in [5.41, 5.74) is 0.924. The largest absolute Gasteiger partial charge is 0.383 e. The van der Waals surface area contributed by atoms with Crippen LogP contribution in [0.1, 0.15) is 18.4 Å². The molecule has 7 nitrogen and oxygen atoms in total. The van der Waals surface area contributed by atoms with Gasteiger partial charge in [-0.05, 0) is 42.9 Å². The van der Waals surface area contributed by atoms with Gasteiger partial charge in [0.2, 0.25) is 10.0 Å². The molecule has 1 unspecified atom stereocenters. The number of hydrogen-bond donors (Lipinski definition) is 3. The van der Waals surface area contributed by atoms with Crippen molar-refractivity contribution < 1.29 is 17.9 Å². The normalized spacial score (nSPS) is 15.9. The molecule has 8 heteroatoms. The van der Waals surface area contributed by atoms with Crippen LogP contribution in [-0.2, 0) is 21.2 Å². The van der Waals surface area contributed by atoms with E-state index in [0.29, 0.717) is 25.5 Å². The van der Waals surface area contributed by atoms with E-state index >= 15 is 0 Å². The number of primary sulfonamides is 1. The van der Waals surface area contributed by atoms with Gasteiger partial charge in [0.25, 0.3) is 0 Å². The van der Waals surface area contributed by atoms with Crippen LogP contribution in [0.25, 0.3) is 0 Å². The molecule has 4 N–H and O–H groups in total. The molecular formula is C15H23N3O4S. The minimum atomic E-state index is -3.67. The Balaban J connectivity index is 1.74. The zero-order valence-corrected chi connectivity index (χ0v) is 13.9. The third kappa shape index (κ3) is 5.81. The molecule has 0 spiro atoms. The van der Waals surface area contributed by atoms with Gasteiger partial charge in [0.1, 0.15) is 0 Å². The average Bonchev–Trinajstić information content (AvgIpc) is 3.31. The molecule has 1 aromatic carbocycles. The van der Waals surface area contributed by atoms with Crippen molar-refractivity contribution in [1.29, 1.82) is 0 Å². The second-order valence-electron chi connectivity index (χ2n) is 5.74. The number of ether oxygens (including phenoxy) is 1. The maximum absolute atomic E-state index is 11.9. The van der Waals surface area contributed by atoms with E-state index in [1.807, 2.05) is 0 Å². The van der Waals surface area contributed by atoms with Gasteiger partial charge in [-0.25, -0.2) is 18.4 Å². The molecule has 1 aromatic rings. The van der Waals surface area contributed by atoms with Crippen LogP contribution in [0.2, 0.25) is 0 Å². The Labute approximate surface area is 136 Å². The minimum absolute atomic E-state index is 0.0639. The van der Waals surface area contributed by atoms with Crippen LogP contribution in [0.15, 0.2) is 29.2 Å². The van der Waals surface area contributed by atoms with E-state index < -0.39 is 10.0 Å². The number of hydrogen-bond acceptors (Lipinski definition) is 4. The van der Waals surface area contributed by atoms with E-state index in [4.69, 9.17) is 9.88 Å². The summed E-state index contributed by atoms with van der Waals surface area (Å²) in [6, 6.07) is 6.17. The van der Waals surface area contributed by atoms with Gasteiger partial charge in [-0.3, -0.25) is 0 Å². The molecule has 128 valence electrons. The van der Waals surface area contributed by atoms with Gasteiger partial charge in [0, 0.05) is 13.7 Å². The van der Waals surface area contributed by atoms with E-state index in [9.17, 15) is 13.2 Å². The second-order valence-corrected chi connectivity index (χ2v) is 7.30. The number of benzene rings is 1. The van der Waals surface area contributed by atoms with Gasteiger partial charge < -0.3 is 15.4 Å². The summed E-state index contributed by atoms with van der Waals surface area (Å²) in [5.74, 6) is 0.520. The number of sulfonamides is 1. The smallest absolute Gasteiger partial charge is 0.315 e. The molecule has 2 amide bonds. The summed E-state index contributed by atoms with van der Waals surface area (Å²) in [7, 11) is -2.04. The fourth-order valence-electron chi connectivity index (χ4n) is 2.36. The van der Waals surface area contributed by atoms with Gasteiger partial charge in [-0.15, -0.1) is 0 Å². The van der Waals surface area contributed by atoms with Crippen LogP contribution in [0.4, 0.5) is 4.79 Å². The molecule has 1 aliphatic rings. The molecule has 1 fully saturated rings. The molecule has 0 radical (unpaired) electrons. The van der Waals surface area contributed by atoms with Crippen molar-refractivity contribution in [2.75, 3.05) is 20.3 Å².